The first-order valence-corrected chi connectivity index (χ1v) is 9.50. The van der Waals surface area contributed by atoms with E-state index in [2.05, 4.69) is 15.2 Å². The molecule has 2 aromatic heterocycles. The molecule has 0 spiro atoms. The molecule has 5 rings (SSSR count). The van der Waals surface area contributed by atoms with Crippen molar-refractivity contribution in [2.24, 2.45) is 0 Å². The van der Waals surface area contributed by atoms with Crippen LogP contribution in [-0.2, 0) is 17.9 Å². The molecule has 0 saturated carbocycles. The van der Waals surface area contributed by atoms with Crippen LogP contribution in [0.25, 0.3) is 23.0 Å². The number of ether oxygens (including phenoxy) is 2. The van der Waals surface area contributed by atoms with E-state index in [-0.39, 0.29) is 6.10 Å². The Balaban J connectivity index is 1.39. The van der Waals surface area contributed by atoms with E-state index in [0.717, 1.165) is 22.6 Å². The van der Waals surface area contributed by atoms with Gasteiger partial charge in [-0.3, -0.25) is 4.68 Å². The van der Waals surface area contributed by atoms with Crippen LogP contribution in [0.4, 0.5) is 0 Å². The first-order valence-electron chi connectivity index (χ1n) is 9.12. The lowest BCUT2D eigenvalue weighted by Gasteiger charge is -2.24. The number of fused-ring (bicyclic) bond motifs is 1. The Morgan fingerprint density at radius 2 is 1.97 bits per heavy atom. The summed E-state index contributed by atoms with van der Waals surface area (Å²) < 4.78 is 18.6. The van der Waals surface area contributed by atoms with Crippen molar-refractivity contribution in [3.05, 3.63) is 70.9 Å². The molecule has 0 radical (unpaired) electrons. The number of hydrogen-bond acceptors (Lipinski definition) is 6. The van der Waals surface area contributed by atoms with Crippen molar-refractivity contribution in [2.45, 2.75) is 19.3 Å². The molecule has 1 unspecified atom stereocenters. The lowest BCUT2D eigenvalue weighted by Crippen LogP contribution is -2.21. The summed E-state index contributed by atoms with van der Waals surface area (Å²) >= 11 is 6.22. The summed E-state index contributed by atoms with van der Waals surface area (Å²) in [6.07, 6.45) is -0.0810. The lowest BCUT2D eigenvalue weighted by molar-refractivity contribution is -0.00115. The van der Waals surface area contributed by atoms with Gasteiger partial charge < -0.3 is 14.0 Å². The number of methoxy groups -OCH3 is 1. The number of hydrogen-bond donors (Lipinski definition) is 0. The number of benzene rings is 2. The molecule has 1 aliphatic heterocycles. The highest BCUT2D eigenvalue weighted by Crippen LogP contribution is 2.31. The Hall–Kier alpha value is -3.16. The molecule has 146 valence electrons. The molecule has 0 aliphatic carbocycles. The van der Waals surface area contributed by atoms with E-state index in [1.165, 1.54) is 0 Å². The van der Waals surface area contributed by atoms with Gasteiger partial charge in [-0.1, -0.05) is 41.0 Å². The molecule has 0 fully saturated rings. The fourth-order valence-corrected chi connectivity index (χ4v) is 3.55. The minimum atomic E-state index is -0.0810. The fourth-order valence-electron chi connectivity index (χ4n) is 3.33. The van der Waals surface area contributed by atoms with Gasteiger partial charge in [-0.05, 0) is 35.9 Å². The van der Waals surface area contributed by atoms with Gasteiger partial charge in [0.25, 0.3) is 5.89 Å². The maximum atomic E-state index is 6.22. The van der Waals surface area contributed by atoms with Crippen LogP contribution >= 0.6 is 11.6 Å². The van der Waals surface area contributed by atoms with Crippen molar-refractivity contribution in [1.82, 2.24) is 19.9 Å². The second-order valence-electron chi connectivity index (χ2n) is 6.68. The highest BCUT2D eigenvalue weighted by Gasteiger charge is 2.24. The third-order valence-corrected chi connectivity index (χ3v) is 5.21. The van der Waals surface area contributed by atoms with Gasteiger partial charge in [0, 0.05) is 5.56 Å². The fraction of sp³-hybridized carbons (Fsp3) is 0.190. The molecule has 7 nitrogen and oxygen atoms in total. The van der Waals surface area contributed by atoms with Crippen LogP contribution in [0.2, 0.25) is 5.02 Å². The molecular formula is C21H17ClN4O3. The molecule has 8 heteroatoms. The van der Waals surface area contributed by atoms with Gasteiger partial charge in [-0.25, -0.2) is 0 Å². The van der Waals surface area contributed by atoms with E-state index in [0.29, 0.717) is 35.6 Å². The van der Waals surface area contributed by atoms with Gasteiger partial charge >= 0.3 is 0 Å². The van der Waals surface area contributed by atoms with E-state index < -0.39 is 0 Å². The Labute approximate surface area is 171 Å². The number of rotatable bonds is 4. The first-order chi connectivity index (χ1) is 14.2. The van der Waals surface area contributed by atoms with Gasteiger partial charge in [0.2, 0.25) is 5.82 Å². The highest BCUT2D eigenvalue weighted by molar-refractivity contribution is 6.33. The van der Waals surface area contributed by atoms with Crippen molar-refractivity contribution in [3.8, 4) is 28.7 Å². The Kier molecular flexibility index (Phi) is 4.54. The summed E-state index contributed by atoms with van der Waals surface area (Å²) in [5, 5.41) is 9.26. The maximum absolute atomic E-state index is 6.22. The predicted octanol–water partition coefficient (Wildman–Crippen LogP) is 4.53. The standard InChI is InChI=1S/C21H17ClN4O3/c1-27-15-8-6-13(7-9-15)19-11-26-14(12-28-19)10-18(24-26)21-23-20(25-29-21)16-4-2-3-5-17(16)22/h2-10,19H,11-12H2,1H3. The van der Waals surface area contributed by atoms with E-state index in [4.69, 9.17) is 25.6 Å². The zero-order valence-corrected chi connectivity index (χ0v) is 16.3. The van der Waals surface area contributed by atoms with Crippen molar-refractivity contribution < 1.29 is 14.0 Å². The lowest BCUT2D eigenvalue weighted by atomic mass is 10.1. The number of halogens is 1. The Morgan fingerprint density at radius 1 is 1.14 bits per heavy atom. The molecular weight excluding hydrogens is 392 g/mol. The summed E-state index contributed by atoms with van der Waals surface area (Å²) in [6, 6.07) is 17.2. The molecule has 0 bridgehead atoms. The second-order valence-corrected chi connectivity index (χ2v) is 7.09. The van der Waals surface area contributed by atoms with E-state index >= 15 is 0 Å². The largest absolute Gasteiger partial charge is 0.497 e. The summed E-state index contributed by atoms with van der Waals surface area (Å²) in [6.45, 7) is 1.06. The molecule has 0 saturated heterocycles. The summed E-state index contributed by atoms with van der Waals surface area (Å²) in [7, 11) is 1.65. The van der Waals surface area contributed by atoms with Crippen molar-refractivity contribution in [2.75, 3.05) is 7.11 Å². The molecule has 0 amide bonds. The predicted molar refractivity (Wildman–Crippen MR) is 106 cm³/mol. The second kappa shape index (κ2) is 7.35. The Bertz CT molecular complexity index is 1150. The monoisotopic (exact) mass is 408 g/mol. The minimum absolute atomic E-state index is 0.0810. The zero-order valence-electron chi connectivity index (χ0n) is 15.6. The van der Waals surface area contributed by atoms with Gasteiger partial charge in [0.05, 0.1) is 31.0 Å². The molecule has 2 aromatic carbocycles. The summed E-state index contributed by atoms with van der Waals surface area (Å²) in [4.78, 5) is 4.46. The van der Waals surface area contributed by atoms with Gasteiger partial charge in [-0.2, -0.15) is 10.1 Å². The summed E-state index contributed by atoms with van der Waals surface area (Å²) in [5.74, 6) is 1.60. The first kappa shape index (κ1) is 17.9. The molecule has 0 N–H and O–H groups in total. The van der Waals surface area contributed by atoms with Crippen LogP contribution in [0.1, 0.15) is 17.4 Å². The van der Waals surface area contributed by atoms with Crippen LogP contribution in [0, 0.1) is 0 Å². The smallest absolute Gasteiger partial charge is 0.278 e. The average Bonchev–Trinajstić information content (AvgIpc) is 3.40. The third kappa shape index (κ3) is 3.39. The summed E-state index contributed by atoms with van der Waals surface area (Å²) in [5.41, 5.74) is 3.37. The van der Waals surface area contributed by atoms with Gasteiger partial charge in [0.15, 0.2) is 5.69 Å². The van der Waals surface area contributed by atoms with Crippen LogP contribution in [-0.4, -0.2) is 27.0 Å². The maximum Gasteiger partial charge on any atom is 0.278 e. The van der Waals surface area contributed by atoms with Gasteiger partial charge in [0.1, 0.15) is 11.9 Å². The molecule has 1 atom stereocenters. The third-order valence-electron chi connectivity index (χ3n) is 4.88. The number of nitrogens with zero attached hydrogens (tertiary/aromatic N) is 4. The van der Waals surface area contributed by atoms with Crippen LogP contribution in [0.5, 0.6) is 5.75 Å². The SMILES string of the molecule is COc1ccc(C2Cn3nc(-c4nc(-c5ccccc5Cl)no4)cc3CO2)cc1. The number of aromatic nitrogens is 4. The van der Waals surface area contributed by atoms with Crippen LogP contribution in [0.15, 0.2) is 59.1 Å². The molecule has 1 aliphatic rings. The highest BCUT2D eigenvalue weighted by atomic mass is 35.5. The van der Waals surface area contributed by atoms with Crippen LogP contribution < -0.4 is 4.74 Å². The van der Waals surface area contributed by atoms with E-state index in [1.807, 2.05) is 53.2 Å². The van der Waals surface area contributed by atoms with E-state index in [9.17, 15) is 0 Å². The average molecular weight is 409 g/mol. The van der Waals surface area contributed by atoms with Crippen molar-refractivity contribution in [1.29, 1.82) is 0 Å². The minimum Gasteiger partial charge on any atom is -0.497 e. The van der Waals surface area contributed by atoms with Crippen LogP contribution in [0.3, 0.4) is 0 Å². The van der Waals surface area contributed by atoms with Gasteiger partial charge in [-0.15, -0.1) is 0 Å². The normalized spacial score (nSPS) is 15.9. The topological polar surface area (TPSA) is 75.2 Å². The Morgan fingerprint density at radius 3 is 2.76 bits per heavy atom. The molecule has 4 aromatic rings. The van der Waals surface area contributed by atoms with Crippen molar-refractivity contribution >= 4 is 11.6 Å². The molecule has 3 heterocycles. The molecule has 29 heavy (non-hydrogen) atoms. The quantitative estimate of drug-likeness (QED) is 0.493. The zero-order chi connectivity index (χ0) is 19.8. The van der Waals surface area contributed by atoms with Crippen molar-refractivity contribution in [3.63, 3.8) is 0 Å². The van der Waals surface area contributed by atoms with E-state index in [1.54, 1.807) is 13.2 Å².